The molecule has 0 aromatic rings. The van der Waals surface area contributed by atoms with Gasteiger partial charge >= 0.3 is 6.09 Å². The smallest absolute Gasteiger partial charge is 0.407 e. The van der Waals surface area contributed by atoms with Crippen molar-refractivity contribution in [3.05, 3.63) is 0 Å². The second kappa shape index (κ2) is 10.5. The van der Waals surface area contributed by atoms with E-state index in [-0.39, 0.29) is 12.1 Å². The van der Waals surface area contributed by atoms with E-state index in [0.717, 1.165) is 18.9 Å². The summed E-state index contributed by atoms with van der Waals surface area (Å²) in [5, 5.41) is 3.18. The molecule has 2 aliphatic rings. The number of amides is 1. The molecule has 1 saturated heterocycles. The number of rotatable bonds is 7. The van der Waals surface area contributed by atoms with Crippen molar-refractivity contribution in [3.8, 4) is 0 Å². The van der Waals surface area contributed by atoms with E-state index in [0.29, 0.717) is 5.92 Å². The zero-order chi connectivity index (χ0) is 19.0. The number of hydrogen-bond donors (Lipinski definition) is 1. The Balaban J connectivity index is 1.82. The van der Waals surface area contributed by atoms with Crippen LogP contribution in [0.1, 0.15) is 91.9 Å². The number of likely N-dealkylation sites (tertiary alicyclic amines) is 1. The van der Waals surface area contributed by atoms with Gasteiger partial charge in [-0.25, -0.2) is 4.79 Å². The molecule has 3 atom stereocenters. The molecule has 1 saturated carbocycles. The molecule has 1 aliphatic carbocycles. The predicted octanol–water partition coefficient (Wildman–Crippen LogP) is 5.36. The molecule has 2 rings (SSSR count). The number of piperidine rings is 1. The zero-order valence-electron chi connectivity index (χ0n) is 17.7. The van der Waals surface area contributed by atoms with Gasteiger partial charge in [-0.3, -0.25) is 0 Å². The van der Waals surface area contributed by atoms with Gasteiger partial charge in [0.15, 0.2) is 0 Å². The van der Waals surface area contributed by atoms with Crippen molar-refractivity contribution in [1.82, 2.24) is 10.2 Å². The molecule has 2 fully saturated rings. The minimum atomic E-state index is -0.424. The van der Waals surface area contributed by atoms with E-state index in [9.17, 15) is 4.79 Å². The first kappa shape index (κ1) is 21.5. The highest BCUT2D eigenvalue weighted by Crippen LogP contribution is 2.28. The van der Waals surface area contributed by atoms with Crippen LogP contribution in [0.3, 0.4) is 0 Å². The van der Waals surface area contributed by atoms with Gasteiger partial charge in [0.2, 0.25) is 0 Å². The van der Waals surface area contributed by atoms with Crippen LogP contribution in [-0.2, 0) is 4.74 Å². The van der Waals surface area contributed by atoms with Gasteiger partial charge in [-0.1, -0.05) is 39.0 Å². The Morgan fingerprint density at radius 2 is 1.88 bits per heavy atom. The minimum Gasteiger partial charge on any atom is -0.444 e. The quantitative estimate of drug-likeness (QED) is 0.617. The highest BCUT2D eigenvalue weighted by molar-refractivity contribution is 5.68. The predicted molar refractivity (Wildman–Crippen MR) is 108 cm³/mol. The van der Waals surface area contributed by atoms with E-state index in [1.165, 1.54) is 70.9 Å². The van der Waals surface area contributed by atoms with Crippen molar-refractivity contribution in [2.75, 3.05) is 19.6 Å². The lowest BCUT2D eigenvalue weighted by Crippen LogP contribution is -2.49. The molecule has 3 unspecified atom stereocenters. The summed E-state index contributed by atoms with van der Waals surface area (Å²) in [6, 6.07) is 0.277. The maximum absolute atomic E-state index is 12.2. The van der Waals surface area contributed by atoms with E-state index < -0.39 is 5.60 Å². The van der Waals surface area contributed by atoms with E-state index in [1.54, 1.807) is 0 Å². The van der Waals surface area contributed by atoms with Crippen molar-refractivity contribution in [2.45, 2.75) is 104 Å². The van der Waals surface area contributed by atoms with E-state index >= 15 is 0 Å². The molecule has 0 spiro atoms. The molecule has 0 aromatic carbocycles. The summed E-state index contributed by atoms with van der Waals surface area (Å²) >= 11 is 0. The molecular weight excluding hydrogens is 324 g/mol. The Morgan fingerprint density at radius 3 is 2.62 bits per heavy atom. The third-order valence-corrected chi connectivity index (χ3v) is 5.92. The lowest BCUT2D eigenvalue weighted by molar-refractivity contribution is 0.0443. The Hall–Kier alpha value is -0.770. The number of carbonyl (C=O) groups is 1. The highest BCUT2D eigenvalue weighted by Gasteiger charge is 2.31. The fraction of sp³-hybridized carbons (Fsp3) is 0.955. The molecule has 1 heterocycles. The van der Waals surface area contributed by atoms with Crippen LogP contribution in [0.25, 0.3) is 0 Å². The van der Waals surface area contributed by atoms with Gasteiger partial charge in [-0.15, -0.1) is 0 Å². The lowest BCUT2D eigenvalue weighted by atomic mass is 9.83. The second-order valence-corrected chi connectivity index (χ2v) is 9.56. The van der Waals surface area contributed by atoms with Crippen LogP contribution in [0, 0.1) is 11.8 Å². The highest BCUT2D eigenvalue weighted by atomic mass is 16.6. The number of ether oxygens (including phenoxy) is 1. The van der Waals surface area contributed by atoms with Crippen molar-refractivity contribution >= 4 is 6.09 Å². The number of carbonyl (C=O) groups excluding carboxylic acids is 1. The van der Waals surface area contributed by atoms with Gasteiger partial charge in [-0.2, -0.15) is 0 Å². The van der Waals surface area contributed by atoms with Crippen LogP contribution < -0.4 is 5.32 Å². The van der Waals surface area contributed by atoms with Crippen molar-refractivity contribution in [3.63, 3.8) is 0 Å². The van der Waals surface area contributed by atoms with Gasteiger partial charge in [-0.05, 0) is 71.3 Å². The Labute approximate surface area is 161 Å². The monoisotopic (exact) mass is 366 g/mol. The van der Waals surface area contributed by atoms with Crippen molar-refractivity contribution in [2.24, 2.45) is 11.8 Å². The fourth-order valence-corrected chi connectivity index (χ4v) is 4.64. The molecule has 4 heteroatoms. The van der Waals surface area contributed by atoms with E-state index in [2.05, 4.69) is 17.1 Å². The van der Waals surface area contributed by atoms with Gasteiger partial charge < -0.3 is 15.0 Å². The summed E-state index contributed by atoms with van der Waals surface area (Å²) in [6.07, 6.45) is 12.8. The molecule has 26 heavy (non-hydrogen) atoms. The van der Waals surface area contributed by atoms with Crippen molar-refractivity contribution < 1.29 is 9.53 Å². The molecule has 0 aromatic heterocycles. The maximum Gasteiger partial charge on any atom is 0.407 e. The first-order valence-corrected chi connectivity index (χ1v) is 11.1. The van der Waals surface area contributed by atoms with E-state index in [4.69, 9.17) is 4.74 Å². The third kappa shape index (κ3) is 7.85. The van der Waals surface area contributed by atoms with Crippen LogP contribution in [-0.4, -0.2) is 42.3 Å². The van der Waals surface area contributed by atoms with Gasteiger partial charge in [0.25, 0.3) is 0 Å². The van der Waals surface area contributed by atoms with Crippen molar-refractivity contribution in [1.29, 1.82) is 0 Å². The topological polar surface area (TPSA) is 41.6 Å². The van der Waals surface area contributed by atoms with Crippen LogP contribution >= 0.6 is 0 Å². The van der Waals surface area contributed by atoms with Gasteiger partial charge in [0, 0.05) is 19.1 Å². The first-order chi connectivity index (χ1) is 12.4. The fourth-order valence-electron chi connectivity index (χ4n) is 4.64. The second-order valence-electron chi connectivity index (χ2n) is 9.56. The summed E-state index contributed by atoms with van der Waals surface area (Å²) in [6.45, 7) is 11.7. The summed E-state index contributed by atoms with van der Waals surface area (Å²) in [7, 11) is 0. The van der Waals surface area contributed by atoms with Gasteiger partial charge in [0.1, 0.15) is 5.60 Å². The molecule has 152 valence electrons. The third-order valence-electron chi connectivity index (χ3n) is 5.92. The van der Waals surface area contributed by atoms with Crippen LogP contribution in [0.2, 0.25) is 0 Å². The molecule has 1 amide bonds. The number of unbranched alkanes of at least 4 members (excludes halogenated alkanes) is 2. The first-order valence-electron chi connectivity index (χ1n) is 11.1. The summed E-state index contributed by atoms with van der Waals surface area (Å²) in [4.78, 5) is 14.9. The average Bonchev–Trinajstić information content (AvgIpc) is 2.56. The van der Waals surface area contributed by atoms with Crippen LogP contribution in [0.4, 0.5) is 4.79 Å². The summed E-state index contributed by atoms with van der Waals surface area (Å²) in [5.41, 5.74) is -0.424. The molecular formula is C22H42N2O2. The molecule has 1 N–H and O–H groups in total. The minimum absolute atomic E-state index is 0.245. The Kier molecular flexibility index (Phi) is 8.72. The number of alkyl carbamates (subject to hydrolysis) is 1. The number of hydrogen-bond acceptors (Lipinski definition) is 3. The van der Waals surface area contributed by atoms with Gasteiger partial charge in [0.05, 0.1) is 0 Å². The normalized spacial score (nSPS) is 27.9. The Bertz CT molecular complexity index is 419. The van der Waals surface area contributed by atoms with Crippen LogP contribution in [0.5, 0.6) is 0 Å². The summed E-state index contributed by atoms with van der Waals surface area (Å²) < 4.78 is 5.49. The standard InChI is InChI=1S/C22H42N2O2/c1-5-6-7-11-18-12-10-15-24(16-18)17-19-13-8-9-14-20(19)23-21(25)26-22(2,3)4/h18-20H,5-17H2,1-4H3,(H,23,25). The molecule has 0 bridgehead atoms. The molecule has 1 aliphatic heterocycles. The number of nitrogens with one attached hydrogen (secondary N) is 1. The van der Waals surface area contributed by atoms with E-state index in [1.807, 2.05) is 20.8 Å². The SMILES string of the molecule is CCCCCC1CCCN(CC2CCCCC2NC(=O)OC(C)(C)C)C1. The largest absolute Gasteiger partial charge is 0.444 e. The maximum atomic E-state index is 12.2. The summed E-state index contributed by atoms with van der Waals surface area (Å²) in [5.74, 6) is 1.46. The van der Waals surface area contributed by atoms with Crippen LogP contribution in [0.15, 0.2) is 0 Å². The zero-order valence-corrected chi connectivity index (χ0v) is 17.7. The number of nitrogens with zero attached hydrogens (tertiary/aromatic N) is 1. The molecule has 4 nitrogen and oxygen atoms in total. The average molecular weight is 367 g/mol. The lowest BCUT2D eigenvalue weighted by Gasteiger charge is -2.39. The Morgan fingerprint density at radius 1 is 1.12 bits per heavy atom. The molecule has 0 radical (unpaired) electrons.